The molecule has 0 amide bonds. The summed E-state index contributed by atoms with van der Waals surface area (Å²) in [5.74, 6) is 0.117. The zero-order valence-corrected chi connectivity index (χ0v) is 15.1. The Labute approximate surface area is 151 Å². The lowest BCUT2D eigenvalue weighted by Crippen LogP contribution is -2.09. The predicted octanol–water partition coefficient (Wildman–Crippen LogP) is 4.64. The number of ketones is 1. The topological polar surface area (TPSA) is 51.5 Å². The molecule has 2 rings (SSSR count). The second kappa shape index (κ2) is 8.81. The van der Waals surface area contributed by atoms with Crippen LogP contribution in [0.15, 0.2) is 41.8 Å². The largest absolute Gasteiger partial charge is 0.399 e. The summed E-state index contributed by atoms with van der Waals surface area (Å²) in [6, 6.07) is 7.19. The number of hydrogen-bond acceptors (Lipinski definition) is 4. The monoisotopic (exact) mass is 364 g/mol. The fourth-order valence-corrected chi connectivity index (χ4v) is 2.61. The summed E-state index contributed by atoms with van der Waals surface area (Å²) in [5, 5.41) is 4.92. The molecule has 0 radical (unpaired) electrons. The minimum absolute atomic E-state index is 0.117. The summed E-state index contributed by atoms with van der Waals surface area (Å²) in [5.41, 5.74) is 3.40. The van der Waals surface area contributed by atoms with Crippen molar-refractivity contribution in [1.29, 1.82) is 0 Å². The van der Waals surface area contributed by atoms with Crippen molar-refractivity contribution in [2.75, 3.05) is 7.11 Å². The summed E-state index contributed by atoms with van der Waals surface area (Å²) in [7, 11) is 1.47. The Balaban J connectivity index is 2.02. The molecule has 1 heterocycles. The van der Waals surface area contributed by atoms with Crippen molar-refractivity contribution in [1.82, 2.24) is 4.98 Å². The molecule has 0 bridgehead atoms. The molecule has 0 spiro atoms. The van der Waals surface area contributed by atoms with Crippen LogP contribution in [0.5, 0.6) is 0 Å². The van der Waals surface area contributed by atoms with Crippen LogP contribution < -0.4 is 0 Å². The van der Waals surface area contributed by atoms with E-state index >= 15 is 0 Å². The van der Waals surface area contributed by atoms with Gasteiger partial charge >= 0.3 is 0 Å². The molecular weight excluding hydrogens is 347 g/mol. The standard InChI is InChI=1S/C18H18Cl2N2O2/c1-12-7-13(11-21-10-12)8-15(23)4-6-18(22-24-2)14-3-5-16(19)17(20)9-14/h3,5,7,9-11H,4,6,8H2,1-2H3. The van der Waals surface area contributed by atoms with E-state index in [0.717, 1.165) is 16.7 Å². The number of carbonyl (C=O) groups excluding carboxylic acids is 1. The first-order valence-electron chi connectivity index (χ1n) is 7.47. The third-order valence-corrected chi connectivity index (χ3v) is 4.17. The van der Waals surface area contributed by atoms with Gasteiger partial charge < -0.3 is 4.84 Å². The molecule has 24 heavy (non-hydrogen) atoms. The van der Waals surface area contributed by atoms with Crippen LogP contribution in [0, 0.1) is 6.92 Å². The first kappa shape index (κ1) is 18.4. The molecule has 0 N–H and O–H groups in total. The van der Waals surface area contributed by atoms with E-state index in [9.17, 15) is 4.79 Å². The highest BCUT2D eigenvalue weighted by molar-refractivity contribution is 6.42. The Bertz CT molecular complexity index is 760. The number of nitrogens with zero attached hydrogens (tertiary/aromatic N) is 2. The summed E-state index contributed by atoms with van der Waals surface area (Å²) in [4.78, 5) is 21.2. The SMILES string of the molecule is CON=C(CCC(=O)Cc1cncc(C)c1)c1ccc(Cl)c(Cl)c1. The molecule has 0 fully saturated rings. The maximum absolute atomic E-state index is 12.2. The molecule has 4 nitrogen and oxygen atoms in total. The van der Waals surface area contributed by atoms with Gasteiger partial charge in [-0.05, 0) is 30.2 Å². The third kappa shape index (κ3) is 5.32. The van der Waals surface area contributed by atoms with Gasteiger partial charge in [0.25, 0.3) is 0 Å². The van der Waals surface area contributed by atoms with E-state index < -0.39 is 0 Å². The average Bonchev–Trinajstić information content (AvgIpc) is 2.54. The normalized spacial score (nSPS) is 11.4. The number of benzene rings is 1. The minimum Gasteiger partial charge on any atom is -0.399 e. The van der Waals surface area contributed by atoms with Gasteiger partial charge in [-0.2, -0.15) is 0 Å². The van der Waals surface area contributed by atoms with E-state index in [1.165, 1.54) is 7.11 Å². The molecule has 0 atom stereocenters. The predicted molar refractivity (Wildman–Crippen MR) is 96.9 cm³/mol. The second-order valence-corrected chi connectivity index (χ2v) is 6.25. The summed E-state index contributed by atoms with van der Waals surface area (Å²) in [6.45, 7) is 1.95. The number of aromatic nitrogens is 1. The van der Waals surface area contributed by atoms with E-state index in [2.05, 4.69) is 10.1 Å². The van der Waals surface area contributed by atoms with Crippen molar-refractivity contribution >= 4 is 34.7 Å². The zero-order chi connectivity index (χ0) is 17.5. The molecule has 0 saturated carbocycles. The van der Waals surface area contributed by atoms with Crippen LogP contribution in [0.3, 0.4) is 0 Å². The van der Waals surface area contributed by atoms with Crippen LogP contribution in [-0.4, -0.2) is 23.6 Å². The highest BCUT2D eigenvalue weighted by Gasteiger charge is 2.11. The summed E-state index contributed by atoms with van der Waals surface area (Å²) >= 11 is 12.0. The number of halogens is 2. The van der Waals surface area contributed by atoms with Gasteiger partial charge in [0.15, 0.2) is 0 Å². The van der Waals surface area contributed by atoms with E-state index in [4.69, 9.17) is 28.0 Å². The molecule has 1 aromatic heterocycles. The highest BCUT2D eigenvalue weighted by Crippen LogP contribution is 2.24. The fourth-order valence-electron chi connectivity index (χ4n) is 2.32. The Hall–Kier alpha value is -1.91. The Morgan fingerprint density at radius 2 is 1.96 bits per heavy atom. The van der Waals surface area contributed by atoms with Crippen molar-refractivity contribution in [3.63, 3.8) is 0 Å². The molecule has 0 aliphatic rings. The van der Waals surface area contributed by atoms with Gasteiger partial charge in [0.1, 0.15) is 12.9 Å². The number of Topliss-reactive ketones (excluding diaryl/α,β-unsaturated/α-hetero) is 1. The van der Waals surface area contributed by atoms with Gasteiger partial charge in [0, 0.05) is 37.2 Å². The van der Waals surface area contributed by atoms with Gasteiger partial charge in [0.05, 0.1) is 15.8 Å². The molecule has 0 unspecified atom stereocenters. The van der Waals surface area contributed by atoms with Gasteiger partial charge in [-0.3, -0.25) is 9.78 Å². The first-order valence-corrected chi connectivity index (χ1v) is 8.23. The van der Waals surface area contributed by atoms with Crippen LogP contribution in [0.1, 0.15) is 29.5 Å². The summed E-state index contributed by atoms with van der Waals surface area (Å²) in [6.07, 6.45) is 4.66. The number of rotatable bonds is 7. The molecule has 6 heteroatoms. The maximum Gasteiger partial charge on any atom is 0.137 e. The second-order valence-electron chi connectivity index (χ2n) is 5.44. The zero-order valence-electron chi connectivity index (χ0n) is 13.6. The van der Waals surface area contributed by atoms with Crippen molar-refractivity contribution in [2.24, 2.45) is 5.16 Å². The number of aryl methyl sites for hydroxylation is 1. The van der Waals surface area contributed by atoms with Gasteiger partial charge in [-0.15, -0.1) is 0 Å². The van der Waals surface area contributed by atoms with Crippen LogP contribution in [0.2, 0.25) is 10.0 Å². The lowest BCUT2D eigenvalue weighted by molar-refractivity contribution is -0.118. The minimum atomic E-state index is 0.117. The highest BCUT2D eigenvalue weighted by atomic mass is 35.5. The maximum atomic E-state index is 12.2. The molecule has 0 aliphatic carbocycles. The van der Waals surface area contributed by atoms with Crippen LogP contribution in [-0.2, 0) is 16.1 Å². The first-order chi connectivity index (χ1) is 11.5. The Morgan fingerprint density at radius 3 is 2.62 bits per heavy atom. The lowest BCUT2D eigenvalue weighted by atomic mass is 10.0. The molecule has 126 valence electrons. The van der Waals surface area contributed by atoms with E-state index in [1.54, 1.807) is 30.6 Å². The van der Waals surface area contributed by atoms with E-state index in [-0.39, 0.29) is 5.78 Å². The van der Waals surface area contributed by atoms with Crippen molar-refractivity contribution < 1.29 is 9.63 Å². The fraction of sp³-hybridized carbons (Fsp3) is 0.278. The van der Waals surface area contributed by atoms with E-state index in [0.29, 0.717) is 35.0 Å². The number of pyridine rings is 1. The van der Waals surface area contributed by atoms with Gasteiger partial charge in [-0.25, -0.2) is 0 Å². The number of carbonyl (C=O) groups is 1. The molecular formula is C18H18Cl2N2O2. The average molecular weight is 365 g/mol. The number of oxime groups is 1. The van der Waals surface area contributed by atoms with E-state index in [1.807, 2.05) is 13.0 Å². The van der Waals surface area contributed by atoms with Crippen molar-refractivity contribution in [2.45, 2.75) is 26.2 Å². The van der Waals surface area contributed by atoms with Gasteiger partial charge in [0.2, 0.25) is 0 Å². The molecule has 2 aromatic rings. The molecule has 0 saturated heterocycles. The Morgan fingerprint density at radius 1 is 1.17 bits per heavy atom. The lowest BCUT2D eigenvalue weighted by Gasteiger charge is -2.07. The van der Waals surface area contributed by atoms with Gasteiger partial charge in [-0.1, -0.05) is 40.5 Å². The molecule has 0 aliphatic heterocycles. The van der Waals surface area contributed by atoms with Crippen LogP contribution >= 0.6 is 23.2 Å². The van der Waals surface area contributed by atoms with Crippen molar-refractivity contribution in [3.8, 4) is 0 Å². The number of hydrogen-bond donors (Lipinski definition) is 0. The third-order valence-electron chi connectivity index (χ3n) is 3.43. The van der Waals surface area contributed by atoms with Crippen LogP contribution in [0.4, 0.5) is 0 Å². The smallest absolute Gasteiger partial charge is 0.137 e. The summed E-state index contributed by atoms with van der Waals surface area (Å²) < 4.78 is 0. The molecule has 1 aromatic carbocycles. The Kier molecular flexibility index (Phi) is 6.76. The quantitative estimate of drug-likeness (QED) is 0.531. The van der Waals surface area contributed by atoms with Crippen LogP contribution in [0.25, 0.3) is 0 Å². The van der Waals surface area contributed by atoms with Crippen molar-refractivity contribution in [3.05, 3.63) is 63.4 Å².